The van der Waals surface area contributed by atoms with E-state index in [2.05, 4.69) is 106 Å². The molecule has 0 saturated carbocycles. The van der Waals surface area contributed by atoms with Crippen molar-refractivity contribution >= 4 is 17.9 Å². The van der Waals surface area contributed by atoms with E-state index in [1.54, 1.807) is 0 Å². The first kappa shape index (κ1) is 75.6. The summed E-state index contributed by atoms with van der Waals surface area (Å²) in [6.45, 7) is 6.54. The summed E-state index contributed by atoms with van der Waals surface area (Å²) in [5, 5.41) is 0. The highest BCUT2D eigenvalue weighted by Gasteiger charge is 2.19. The van der Waals surface area contributed by atoms with Crippen LogP contribution < -0.4 is 0 Å². The van der Waals surface area contributed by atoms with E-state index in [1.165, 1.54) is 193 Å². The van der Waals surface area contributed by atoms with Gasteiger partial charge in [-0.25, -0.2) is 0 Å². The maximum Gasteiger partial charge on any atom is 0.306 e. The van der Waals surface area contributed by atoms with Crippen molar-refractivity contribution in [3.63, 3.8) is 0 Å². The van der Waals surface area contributed by atoms with Crippen LogP contribution in [-0.2, 0) is 28.6 Å². The van der Waals surface area contributed by atoms with Gasteiger partial charge >= 0.3 is 17.9 Å². The van der Waals surface area contributed by atoms with Crippen LogP contribution in [0, 0.1) is 0 Å². The Bertz CT molecular complexity index is 1500. The molecule has 0 fully saturated rings. The van der Waals surface area contributed by atoms with Gasteiger partial charge in [0.1, 0.15) is 13.2 Å². The Labute approximate surface area is 490 Å². The van der Waals surface area contributed by atoms with E-state index in [4.69, 9.17) is 14.2 Å². The van der Waals surface area contributed by atoms with E-state index in [-0.39, 0.29) is 31.1 Å². The van der Waals surface area contributed by atoms with E-state index in [1.807, 2.05) is 0 Å². The maximum absolute atomic E-state index is 12.9. The van der Waals surface area contributed by atoms with E-state index in [9.17, 15) is 14.4 Å². The van der Waals surface area contributed by atoms with Crippen molar-refractivity contribution in [2.75, 3.05) is 13.2 Å². The minimum Gasteiger partial charge on any atom is -0.462 e. The van der Waals surface area contributed by atoms with E-state index in [0.717, 1.165) is 109 Å². The summed E-state index contributed by atoms with van der Waals surface area (Å²) in [5.41, 5.74) is 0. The van der Waals surface area contributed by atoms with Crippen molar-refractivity contribution < 1.29 is 28.6 Å². The fourth-order valence-corrected chi connectivity index (χ4v) is 9.80. The van der Waals surface area contributed by atoms with Gasteiger partial charge in [0.2, 0.25) is 0 Å². The summed E-state index contributed by atoms with van der Waals surface area (Å²) in [6, 6.07) is 0. The molecule has 0 radical (unpaired) electrons. The SMILES string of the molecule is CC/C=C\C/C=C\C/C=C\C/C=C\CCCCCCCCCCCCCCC(=O)OCC(COC(=O)CCCCCCCCCCCCCCCCCCC)OC(=O)CCCCCCCC/C=C\C/C=C\C/C=C\CCCCC. The molecular formula is C73H128O6. The fourth-order valence-electron chi connectivity index (χ4n) is 9.80. The molecule has 1 atom stereocenters. The Morgan fingerprint density at radius 3 is 0.797 bits per heavy atom. The molecule has 0 aromatic carbocycles. The minimum absolute atomic E-state index is 0.0786. The Balaban J connectivity index is 4.35. The average molecular weight is 1100 g/mol. The molecule has 0 rings (SSSR count). The molecule has 0 N–H and O–H groups in total. The highest BCUT2D eigenvalue weighted by atomic mass is 16.6. The Hall–Kier alpha value is -3.41. The molecule has 0 heterocycles. The summed E-state index contributed by atoms with van der Waals surface area (Å²) >= 11 is 0. The topological polar surface area (TPSA) is 78.9 Å². The summed E-state index contributed by atoms with van der Waals surface area (Å²) in [6.07, 6.45) is 88.8. The molecule has 79 heavy (non-hydrogen) atoms. The van der Waals surface area contributed by atoms with Gasteiger partial charge in [0, 0.05) is 19.3 Å². The zero-order valence-corrected chi connectivity index (χ0v) is 52.4. The predicted molar refractivity (Wildman–Crippen MR) is 344 cm³/mol. The van der Waals surface area contributed by atoms with Gasteiger partial charge in [-0.15, -0.1) is 0 Å². The van der Waals surface area contributed by atoms with Gasteiger partial charge in [0.15, 0.2) is 6.10 Å². The molecule has 6 nitrogen and oxygen atoms in total. The molecule has 0 bridgehead atoms. The number of allylic oxidation sites excluding steroid dienone is 14. The first-order valence-electron chi connectivity index (χ1n) is 34.1. The molecule has 0 spiro atoms. The Morgan fingerprint density at radius 2 is 0.494 bits per heavy atom. The third-order valence-electron chi connectivity index (χ3n) is 14.9. The summed E-state index contributed by atoms with van der Waals surface area (Å²) in [4.78, 5) is 38.4. The molecule has 0 aliphatic rings. The van der Waals surface area contributed by atoms with Gasteiger partial charge in [-0.05, 0) is 96.3 Å². The summed E-state index contributed by atoms with van der Waals surface area (Å²) in [5.74, 6) is -0.875. The molecule has 0 aromatic rings. The Kier molecular flexibility index (Phi) is 64.2. The molecule has 0 saturated heterocycles. The van der Waals surface area contributed by atoms with Crippen LogP contribution in [0.5, 0.6) is 0 Å². The standard InChI is InChI=1S/C73H128O6/c1-4-7-10-13-16-19-22-25-28-31-33-34-35-36-37-38-40-42-45-48-51-54-57-60-63-66-72(75)78-69-70(68-77-71(74)65-62-59-56-53-50-47-44-41-30-27-24-21-18-15-12-9-6-3)79-73(76)67-64-61-58-55-52-49-46-43-39-32-29-26-23-20-17-14-11-8-5-2/h7,10,16-17,19-20,25-26,28-29,33-34,39,43,70H,4-6,8-9,11-15,18,21-24,27,30-32,35-38,40-42,44-69H2,1-3H3/b10-7-,19-16-,20-17-,28-25-,29-26-,34-33-,43-39-. The van der Waals surface area contributed by atoms with Gasteiger partial charge in [-0.2, -0.15) is 0 Å². The fraction of sp³-hybridized carbons (Fsp3) is 0.767. The number of carbonyl (C=O) groups excluding carboxylic acids is 3. The highest BCUT2D eigenvalue weighted by Crippen LogP contribution is 2.17. The lowest BCUT2D eigenvalue weighted by Gasteiger charge is -2.18. The van der Waals surface area contributed by atoms with Crippen LogP contribution >= 0.6 is 0 Å². The lowest BCUT2D eigenvalue weighted by Crippen LogP contribution is -2.30. The predicted octanol–water partition coefficient (Wildman–Crippen LogP) is 23.4. The summed E-state index contributed by atoms with van der Waals surface area (Å²) < 4.78 is 17.0. The second-order valence-corrected chi connectivity index (χ2v) is 22.7. The van der Waals surface area contributed by atoms with Crippen molar-refractivity contribution in [1.82, 2.24) is 0 Å². The monoisotopic (exact) mass is 1100 g/mol. The van der Waals surface area contributed by atoms with Crippen molar-refractivity contribution in [2.45, 2.75) is 348 Å². The second-order valence-electron chi connectivity index (χ2n) is 22.7. The van der Waals surface area contributed by atoms with Crippen molar-refractivity contribution in [1.29, 1.82) is 0 Å². The lowest BCUT2D eigenvalue weighted by molar-refractivity contribution is -0.167. The zero-order chi connectivity index (χ0) is 57.1. The highest BCUT2D eigenvalue weighted by molar-refractivity contribution is 5.71. The van der Waals surface area contributed by atoms with Gasteiger partial charge in [-0.3, -0.25) is 14.4 Å². The van der Waals surface area contributed by atoms with E-state index in [0.29, 0.717) is 19.3 Å². The third-order valence-corrected chi connectivity index (χ3v) is 14.9. The van der Waals surface area contributed by atoms with Crippen LogP contribution in [0.25, 0.3) is 0 Å². The molecule has 1 unspecified atom stereocenters. The van der Waals surface area contributed by atoms with Gasteiger partial charge in [0.05, 0.1) is 0 Å². The van der Waals surface area contributed by atoms with Crippen molar-refractivity contribution in [3.8, 4) is 0 Å². The van der Waals surface area contributed by atoms with Crippen LogP contribution in [0.2, 0.25) is 0 Å². The summed E-state index contributed by atoms with van der Waals surface area (Å²) in [7, 11) is 0. The molecule has 0 amide bonds. The van der Waals surface area contributed by atoms with E-state index >= 15 is 0 Å². The number of unbranched alkanes of at least 4 members (excludes halogenated alkanes) is 37. The van der Waals surface area contributed by atoms with Gasteiger partial charge in [-0.1, -0.05) is 311 Å². The largest absolute Gasteiger partial charge is 0.462 e. The number of esters is 3. The molecule has 6 heteroatoms. The van der Waals surface area contributed by atoms with Crippen LogP contribution in [0.1, 0.15) is 342 Å². The maximum atomic E-state index is 12.9. The quantitative estimate of drug-likeness (QED) is 0.0261. The normalized spacial score (nSPS) is 12.6. The second kappa shape index (κ2) is 67.1. The van der Waals surface area contributed by atoms with Crippen molar-refractivity contribution in [2.24, 2.45) is 0 Å². The first-order chi connectivity index (χ1) is 39.0. The van der Waals surface area contributed by atoms with Gasteiger partial charge in [0.25, 0.3) is 0 Å². The van der Waals surface area contributed by atoms with Crippen LogP contribution in [-0.4, -0.2) is 37.2 Å². The van der Waals surface area contributed by atoms with Crippen LogP contribution in [0.15, 0.2) is 85.1 Å². The Morgan fingerprint density at radius 1 is 0.266 bits per heavy atom. The number of ether oxygens (including phenoxy) is 3. The number of rotatable bonds is 62. The van der Waals surface area contributed by atoms with Crippen molar-refractivity contribution in [3.05, 3.63) is 85.1 Å². The van der Waals surface area contributed by atoms with Gasteiger partial charge < -0.3 is 14.2 Å². The average Bonchev–Trinajstić information content (AvgIpc) is 3.45. The number of hydrogen-bond acceptors (Lipinski definition) is 6. The third kappa shape index (κ3) is 65.3. The van der Waals surface area contributed by atoms with Crippen LogP contribution in [0.4, 0.5) is 0 Å². The molecule has 456 valence electrons. The number of hydrogen-bond donors (Lipinski definition) is 0. The van der Waals surface area contributed by atoms with E-state index < -0.39 is 6.10 Å². The molecular weight excluding hydrogens is 973 g/mol. The molecule has 0 aliphatic heterocycles. The molecule has 0 aliphatic carbocycles. The number of carbonyl (C=O) groups is 3. The smallest absolute Gasteiger partial charge is 0.306 e. The van der Waals surface area contributed by atoms with Crippen LogP contribution in [0.3, 0.4) is 0 Å². The minimum atomic E-state index is -0.784. The molecule has 0 aromatic heterocycles. The lowest BCUT2D eigenvalue weighted by atomic mass is 10.0. The first-order valence-corrected chi connectivity index (χ1v) is 34.1. The zero-order valence-electron chi connectivity index (χ0n) is 52.4.